The number of likely N-dealkylation sites (tertiary alicyclic amines) is 1. The van der Waals surface area contributed by atoms with Crippen molar-refractivity contribution in [3.8, 4) is 12.3 Å². The predicted molar refractivity (Wildman–Crippen MR) is 101 cm³/mol. The van der Waals surface area contributed by atoms with Crippen LogP contribution in [0.5, 0.6) is 0 Å². The molecule has 0 aromatic heterocycles. The first kappa shape index (κ1) is 16.4. The molecule has 25 heavy (non-hydrogen) atoms. The lowest BCUT2D eigenvalue weighted by molar-refractivity contribution is -0.0954. The zero-order valence-electron chi connectivity index (χ0n) is 14.9. The van der Waals surface area contributed by atoms with E-state index in [9.17, 15) is 0 Å². The highest BCUT2D eigenvalue weighted by atomic mass is 16.5. The molecule has 1 atom stereocenters. The topological polar surface area (TPSA) is 12.5 Å². The van der Waals surface area contributed by atoms with E-state index in [1.807, 2.05) is 0 Å². The Bertz CT molecular complexity index is 778. The van der Waals surface area contributed by atoms with E-state index in [4.69, 9.17) is 11.2 Å². The first-order valence-electron chi connectivity index (χ1n) is 9.27. The highest BCUT2D eigenvalue weighted by molar-refractivity contribution is 5.44. The molecule has 0 N–H and O–H groups in total. The first-order chi connectivity index (χ1) is 12.3. The van der Waals surface area contributed by atoms with E-state index in [2.05, 4.69) is 66.3 Å². The quantitative estimate of drug-likeness (QED) is 0.778. The van der Waals surface area contributed by atoms with Crippen LogP contribution < -0.4 is 0 Å². The Morgan fingerprint density at radius 2 is 1.84 bits per heavy atom. The molecule has 128 valence electrons. The maximum absolute atomic E-state index is 6.77. The van der Waals surface area contributed by atoms with Gasteiger partial charge in [0.1, 0.15) is 6.10 Å². The van der Waals surface area contributed by atoms with Crippen molar-refractivity contribution >= 4 is 0 Å². The van der Waals surface area contributed by atoms with E-state index < -0.39 is 0 Å². The van der Waals surface area contributed by atoms with Crippen molar-refractivity contribution in [2.75, 3.05) is 19.6 Å². The van der Waals surface area contributed by atoms with Gasteiger partial charge in [0.15, 0.2) is 0 Å². The Balaban J connectivity index is 1.65. The number of fused-ring (bicyclic) bond motifs is 2. The largest absolute Gasteiger partial charge is 0.358 e. The predicted octanol–water partition coefficient (Wildman–Crippen LogP) is 4.29. The molecule has 4 rings (SSSR count). The standard InChI is InChI=1S/C23H25NO/c1-3-15-24-16-13-23(14-17-24)21-8-6-5-7-20(21)22(25-23)19-11-9-18(4-2)10-12-19/h1,5-12,22H,4,13-17H2,2H3. The summed E-state index contributed by atoms with van der Waals surface area (Å²) in [7, 11) is 0. The summed E-state index contributed by atoms with van der Waals surface area (Å²) in [6.07, 6.45) is 8.61. The average Bonchev–Trinajstić information content (AvgIpc) is 2.99. The van der Waals surface area contributed by atoms with E-state index in [-0.39, 0.29) is 11.7 Å². The third kappa shape index (κ3) is 2.88. The molecule has 2 nitrogen and oxygen atoms in total. The fourth-order valence-electron chi connectivity index (χ4n) is 4.26. The molecule has 2 aliphatic rings. The summed E-state index contributed by atoms with van der Waals surface area (Å²) in [5, 5.41) is 0. The van der Waals surface area contributed by atoms with Crippen LogP contribution in [0.15, 0.2) is 48.5 Å². The first-order valence-corrected chi connectivity index (χ1v) is 9.27. The average molecular weight is 331 g/mol. The van der Waals surface area contributed by atoms with Crippen molar-refractivity contribution in [2.24, 2.45) is 0 Å². The summed E-state index contributed by atoms with van der Waals surface area (Å²) in [6, 6.07) is 17.7. The lowest BCUT2D eigenvalue weighted by atomic mass is 9.83. The van der Waals surface area contributed by atoms with Crippen molar-refractivity contribution in [1.29, 1.82) is 0 Å². The van der Waals surface area contributed by atoms with Crippen LogP contribution >= 0.6 is 0 Å². The molecule has 2 heterocycles. The molecule has 2 aliphatic heterocycles. The second-order valence-corrected chi connectivity index (χ2v) is 7.15. The molecule has 1 unspecified atom stereocenters. The zero-order valence-corrected chi connectivity index (χ0v) is 14.9. The van der Waals surface area contributed by atoms with E-state index in [1.165, 1.54) is 22.3 Å². The maximum Gasteiger partial charge on any atom is 0.109 e. The molecular weight excluding hydrogens is 306 g/mol. The van der Waals surface area contributed by atoms with Gasteiger partial charge in [-0.2, -0.15) is 0 Å². The van der Waals surface area contributed by atoms with Crippen molar-refractivity contribution < 1.29 is 4.74 Å². The number of piperidine rings is 1. The Morgan fingerprint density at radius 3 is 2.52 bits per heavy atom. The number of terminal acetylenes is 1. The highest BCUT2D eigenvalue weighted by Gasteiger charge is 2.46. The van der Waals surface area contributed by atoms with Crippen LogP contribution in [-0.4, -0.2) is 24.5 Å². The molecule has 1 fully saturated rings. The molecule has 0 saturated carbocycles. The second kappa shape index (κ2) is 6.67. The molecule has 1 saturated heterocycles. The van der Waals surface area contributed by atoms with Crippen LogP contribution in [0.1, 0.15) is 48.1 Å². The highest BCUT2D eigenvalue weighted by Crippen LogP contribution is 2.51. The van der Waals surface area contributed by atoms with Crippen LogP contribution in [0.2, 0.25) is 0 Å². The van der Waals surface area contributed by atoms with Crippen LogP contribution in [0.25, 0.3) is 0 Å². The SMILES string of the molecule is C#CCN1CCC2(CC1)OC(c1ccc(CC)cc1)c1ccccc12. The molecule has 0 aliphatic carbocycles. The van der Waals surface area contributed by atoms with E-state index in [0.29, 0.717) is 0 Å². The minimum atomic E-state index is -0.157. The number of benzene rings is 2. The summed E-state index contributed by atoms with van der Waals surface area (Å²) in [6.45, 7) is 4.93. The normalized spacial score (nSPS) is 21.8. The van der Waals surface area contributed by atoms with Crippen molar-refractivity contribution in [2.45, 2.75) is 37.9 Å². The van der Waals surface area contributed by atoms with E-state index >= 15 is 0 Å². The van der Waals surface area contributed by atoms with Gasteiger partial charge >= 0.3 is 0 Å². The molecular formula is C23H25NO. The van der Waals surface area contributed by atoms with Crippen molar-refractivity contribution in [3.63, 3.8) is 0 Å². The van der Waals surface area contributed by atoms with Gasteiger partial charge in [-0.25, -0.2) is 0 Å². The Hall–Kier alpha value is -2.08. The van der Waals surface area contributed by atoms with Crippen LogP contribution in [0.4, 0.5) is 0 Å². The third-order valence-electron chi connectivity index (χ3n) is 5.75. The van der Waals surface area contributed by atoms with Gasteiger partial charge in [-0.3, -0.25) is 4.90 Å². The van der Waals surface area contributed by atoms with Gasteiger partial charge in [-0.15, -0.1) is 6.42 Å². The molecule has 0 radical (unpaired) electrons. The molecule has 2 heteroatoms. The molecule has 0 bridgehead atoms. The molecule has 2 aromatic rings. The fraction of sp³-hybridized carbons (Fsp3) is 0.391. The van der Waals surface area contributed by atoms with E-state index in [1.54, 1.807) is 0 Å². The summed E-state index contributed by atoms with van der Waals surface area (Å²) in [5.74, 6) is 2.77. The summed E-state index contributed by atoms with van der Waals surface area (Å²) in [5.41, 5.74) is 5.17. The Morgan fingerprint density at radius 1 is 1.12 bits per heavy atom. The number of aryl methyl sites for hydroxylation is 1. The zero-order chi connectivity index (χ0) is 17.3. The maximum atomic E-state index is 6.77. The number of ether oxygens (including phenoxy) is 1. The van der Waals surface area contributed by atoms with Crippen molar-refractivity contribution in [3.05, 3.63) is 70.8 Å². The number of hydrogen-bond donors (Lipinski definition) is 0. The van der Waals surface area contributed by atoms with Gasteiger partial charge in [-0.05, 0) is 41.5 Å². The monoisotopic (exact) mass is 331 g/mol. The van der Waals surface area contributed by atoms with Crippen LogP contribution in [0, 0.1) is 12.3 Å². The third-order valence-corrected chi connectivity index (χ3v) is 5.75. The fourth-order valence-corrected chi connectivity index (χ4v) is 4.26. The molecule has 2 aromatic carbocycles. The van der Waals surface area contributed by atoms with Gasteiger partial charge in [0.2, 0.25) is 0 Å². The van der Waals surface area contributed by atoms with E-state index in [0.717, 1.165) is 38.9 Å². The smallest absolute Gasteiger partial charge is 0.109 e. The van der Waals surface area contributed by atoms with Gasteiger partial charge < -0.3 is 4.74 Å². The lowest BCUT2D eigenvalue weighted by Crippen LogP contribution is -2.42. The summed E-state index contributed by atoms with van der Waals surface area (Å²) >= 11 is 0. The number of rotatable bonds is 3. The molecule has 0 amide bonds. The summed E-state index contributed by atoms with van der Waals surface area (Å²) in [4.78, 5) is 2.35. The Labute approximate surface area is 150 Å². The summed E-state index contributed by atoms with van der Waals surface area (Å²) < 4.78 is 6.77. The van der Waals surface area contributed by atoms with Gasteiger partial charge in [0.05, 0.1) is 12.1 Å². The lowest BCUT2D eigenvalue weighted by Gasteiger charge is -2.39. The van der Waals surface area contributed by atoms with Gasteiger partial charge in [0.25, 0.3) is 0 Å². The van der Waals surface area contributed by atoms with Crippen molar-refractivity contribution in [1.82, 2.24) is 4.90 Å². The Kier molecular flexibility index (Phi) is 4.37. The van der Waals surface area contributed by atoms with Gasteiger partial charge in [0, 0.05) is 13.1 Å². The second-order valence-electron chi connectivity index (χ2n) is 7.15. The van der Waals surface area contributed by atoms with Gasteiger partial charge in [-0.1, -0.05) is 61.4 Å². The number of hydrogen-bond acceptors (Lipinski definition) is 2. The van der Waals surface area contributed by atoms with Crippen LogP contribution in [0.3, 0.4) is 0 Å². The minimum Gasteiger partial charge on any atom is -0.358 e. The minimum absolute atomic E-state index is 0.0429. The van der Waals surface area contributed by atoms with Crippen LogP contribution in [-0.2, 0) is 16.8 Å². The number of nitrogens with zero attached hydrogens (tertiary/aromatic N) is 1. The molecule has 1 spiro atoms.